The number of rotatable bonds is 2. The molecule has 3 saturated heterocycles. The van der Waals surface area contributed by atoms with Gasteiger partial charge in [-0.05, 0) is 33.2 Å². The van der Waals surface area contributed by atoms with Crippen LogP contribution >= 0.6 is 0 Å². The van der Waals surface area contributed by atoms with E-state index < -0.39 is 36.1 Å². The topological polar surface area (TPSA) is 94.9 Å². The molecule has 8 nitrogen and oxygen atoms in total. The van der Waals surface area contributed by atoms with Gasteiger partial charge in [-0.3, -0.25) is 0 Å². The summed E-state index contributed by atoms with van der Waals surface area (Å²) in [6.07, 6.45) is -1.70. The molecule has 0 spiro atoms. The summed E-state index contributed by atoms with van der Waals surface area (Å²) in [6, 6.07) is -0.491. The van der Waals surface area contributed by atoms with Gasteiger partial charge in [0.25, 0.3) is 0 Å². The molecule has 0 aromatic carbocycles. The summed E-state index contributed by atoms with van der Waals surface area (Å²) in [5, 5.41) is 3.82. The van der Waals surface area contributed by atoms with Crippen molar-refractivity contribution in [1.82, 2.24) is 0 Å². The Kier molecular flexibility index (Phi) is 3.20. The van der Waals surface area contributed by atoms with Gasteiger partial charge in [0.15, 0.2) is 17.9 Å². The van der Waals surface area contributed by atoms with E-state index in [1.54, 1.807) is 13.8 Å². The third-order valence-corrected chi connectivity index (χ3v) is 3.63. The van der Waals surface area contributed by atoms with Crippen LogP contribution in [0.5, 0.6) is 0 Å². The predicted octanol–water partition coefficient (Wildman–Crippen LogP) is 1.69. The quantitative estimate of drug-likeness (QED) is 0.437. The van der Waals surface area contributed by atoms with Crippen molar-refractivity contribution in [2.24, 2.45) is 5.11 Å². The van der Waals surface area contributed by atoms with Gasteiger partial charge in [0, 0.05) is 4.91 Å². The first-order chi connectivity index (χ1) is 9.31. The maximum Gasteiger partial charge on any atom is 0.188 e. The normalized spacial score (nSPS) is 45.1. The second-order valence-electron chi connectivity index (χ2n) is 6.13. The highest BCUT2D eigenvalue weighted by Gasteiger charge is 2.57. The fraction of sp³-hybridized carbons (Fsp3) is 1.00. The minimum atomic E-state index is -0.740. The number of azide groups is 1. The Balaban J connectivity index is 1.78. The molecule has 3 heterocycles. The molecule has 3 rings (SSSR count). The van der Waals surface area contributed by atoms with Crippen molar-refractivity contribution >= 4 is 0 Å². The second-order valence-corrected chi connectivity index (χ2v) is 6.13. The van der Waals surface area contributed by atoms with Crippen LogP contribution in [0.15, 0.2) is 5.11 Å². The molecule has 0 aromatic heterocycles. The number of ether oxygens (including phenoxy) is 5. The van der Waals surface area contributed by atoms with E-state index in [4.69, 9.17) is 29.2 Å². The third-order valence-electron chi connectivity index (χ3n) is 3.63. The average Bonchev–Trinajstić information content (AvgIpc) is 2.91. The van der Waals surface area contributed by atoms with Crippen LogP contribution in [-0.4, -0.2) is 48.8 Å². The Bertz CT molecular complexity index is 448. The summed E-state index contributed by atoms with van der Waals surface area (Å²) >= 11 is 0. The first-order valence-corrected chi connectivity index (χ1v) is 6.68. The maximum absolute atomic E-state index is 8.77. The van der Waals surface area contributed by atoms with Crippen LogP contribution < -0.4 is 0 Å². The molecule has 8 heteroatoms. The maximum atomic E-state index is 8.77. The summed E-state index contributed by atoms with van der Waals surface area (Å²) in [7, 11) is 0. The van der Waals surface area contributed by atoms with Crippen LogP contribution in [0.4, 0.5) is 0 Å². The fourth-order valence-corrected chi connectivity index (χ4v) is 2.89. The first-order valence-electron chi connectivity index (χ1n) is 6.68. The van der Waals surface area contributed by atoms with Gasteiger partial charge in [0.05, 0.1) is 12.6 Å². The van der Waals surface area contributed by atoms with E-state index in [0.717, 1.165) is 0 Å². The van der Waals surface area contributed by atoms with E-state index in [2.05, 4.69) is 10.0 Å². The summed E-state index contributed by atoms with van der Waals surface area (Å²) in [5.74, 6) is -1.40. The standard InChI is InChI=1S/C12H19N3O5/c1-11(2)16-5-6(18-11)8-7(14-15-13)9-10(17-8)20-12(3,4)19-9/h6-10H,5H2,1-4H3/t6-,7+,8+,9?,10?/m0/s1. The van der Waals surface area contributed by atoms with Crippen molar-refractivity contribution in [3.8, 4) is 0 Å². The van der Waals surface area contributed by atoms with E-state index in [9.17, 15) is 0 Å². The van der Waals surface area contributed by atoms with Gasteiger partial charge in [-0.15, -0.1) is 0 Å². The monoisotopic (exact) mass is 285 g/mol. The number of fused-ring (bicyclic) bond motifs is 1. The van der Waals surface area contributed by atoms with Gasteiger partial charge in [0.1, 0.15) is 18.3 Å². The highest BCUT2D eigenvalue weighted by Crippen LogP contribution is 2.41. The van der Waals surface area contributed by atoms with Crippen molar-refractivity contribution in [1.29, 1.82) is 0 Å². The van der Waals surface area contributed by atoms with Gasteiger partial charge < -0.3 is 23.7 Å². The molecule has 0 saturated carbocycles. The summed E-state index contributed by atoms with van der Waals surface area (Å²) in [5.41, 5.74) is 8.77. The van der Waals surface area contributed by atoms with E-state index in [-0.39, 0.29) is 6.10 Å². The lowest BCUT2D eigenvalue weighted by Crippen LogP contribution is -2.41. The number of nitrogens with zero attached hydrogens (tertiary/aromatic N) is 3. The molecule has 3 aliphatic rings. The van der Waals surface area contributed by atoms with Crippen molar-refractivity contribution in [2.75, 3.05) is 6.61 Å². The molecule has 2 unspecified atom stereocenters. The van der Waals surface area contributed by atoms with Gasteiger partial charge >= 0.3 is 0 Å². The van der Waals surface area contributed by atoms with Crippen molar-refractivity contribution in [2.45, 2.75) is 69.9 Å². The lowest BCUT2D eigenvalue weighted by atomic mass is 10.0. The molecule has 20 heavy (non-hydrogen) atoms. The van der Waals surface area contributed by atoms with Crippen LogP contribution in [0.1, 0.15) is 27.7 Å². The van der Waals surface area contributed by atoms with E-state index in [1.165, 1.54) is 0 Å². The Morgan fingerprint density at radius 3 is 2.40 bits per heavy atom. The van der Waals surface area contributed by atoms with Crippen LogP contribution in [0.25, 0.3) is 10.4 Å². The Morgan fingerprint density at radius 2 is 1.80 bits per heavy atom. The Labute approximate surface area is 116 Å². The molecule has 0 aliphatic carbocycles. The molecular formula is C12H19N3O5. The molecule has 3 fully saturated rings. The minimum absolute atomic E-state index is 0.304. The Hall–Kier alpha value is -0.890. The zero-order chi connectivity index (χ0) is 14.5. The molecule has 3 aliphatic heterocycles. The third kappa shape index (κ3) is 2.39. The van der Waals surface area contributed by atoms with Crippen LogP contribution in [0.2, 0.25) is 0 Å². The number of hydrogen-bond donors (Lipinski definition) is 0. The highest BCUT2D eigenvalue weighted by molar-refractivity contribution is 5.01. The Morgan fingerprint density at radius 1 is 1.05 bits per heavy atom. The van der Waals surface area contributed by atoms with Crippen molar-refractivity contribution < 1.29 is 23.7 Å². The molecule has 112 valence electrons. The van der Waals surface area contributed by atoms with E-state index >= 15 is 0 Å². The van der Waals surface area contributed by atoms with Crippen LogP contribution in [0, 0.1) is 0 Å². The van der Waals surface area contributed by atoms with Crippen molar-refractivity contribution in [3.05, 3.63) is 10.4 Å². The summed E-state index contributed by atoms with van der Waals surface area (Å²) in [4.78, 5) is 2.90. The molecule has 0 aromatic rings. The van der Waals surface area contributed by atoms with E-state index in [1.807, 2.05) is 13.8 Å². The van der Waals surface area contributed by atoms with Crippen LogP contribution in [0.3, 0.4) is 0 Å². The van der Waals surface area contributed by atoms with Crippen molar-refractivity contribution in [3.63, 3.8) is 0 Å². The first kappa shape index (κ1) is 14.1. The SMILES string of the molecule is CC1(C)OC2O[C@H]([C@@H]3COC(C)(C)O3)[C@@H](N=[N+]=[N-])C2O1. The molecule has 0 radical (unpaired) electrons. The lowest BCUT2D eigenvalue weighted by Gasteiger charge is -2.26. The van der Waals surface area contributed by atoms with Crippen LogP contribution in [-0.2, 0) is 23.7 Å². The molecule has 0 N–H and O–H groups in total. The molecular weight excluding hydrogens is 266 g/mol. The predicted molar refractivity (Wildman–Crippen MR) is 66.5 cm³/mol. The average molecular weight is 285 g/mol. The smallest absolute Gasteiger partial charge is 0.188 e. The zero-order valence-electron chi connectivity index (χ0n) is 12.0. The summed E-state index contributed by atoms with van der Waals surface area (Å²) < 4.78 is 28.6. The lowest BCUT2D eigenvalue weighted by molar-refractivity contribution is -0.222. The van der Waals surface area contributed by atoms with Gasteiger partial charge in [-0.25, -0.2) is 0 Å². The zero-order valence-corrected chi connectivity index (χ0v) is 12.0. The largest absolute Gasteiger partial charge is 0.348 e. The van der Waals surface area contributed by atoms with E-state index in [0.29, 0.717) is 6.61 Å². The minimum Gasteiger partial charge on any atom is -0.348 e. The number of hydrogen-bond acceptors (Lipinski definition) is 6. The fourth-order valence-electron chi connectivity index (χ4n) is 2.89. The van der Waals surface area contributed by atoms with Gasteiger partial charge in [-0.1, -0.05) is 5.11 Å². The highest BCUT2D eigenvalue weighted by atomic mass is 16.8. The van der Waals surface area contributed by atoms with Gasteiger partial charge in [0.2, 0.25) is 0 Å². The van der Waals surface area contributed by atoms with Gasteiger partial charge in [-0.2, -0.15) is 0 Å². The molecule has 0 bridgehead atoms. The second kappa shape index (κ2) is 4.56. The summed E-state index contributed by atoms with van der Waals surface area (Å²) in [6.45, 7) is 7.66. The molecule has 5 atom stereocenters. The molecule has 0 amide bonds.